The largest absolute Gasteiger partial charge is 0.417 e. The standard InChI is InChI=1S/C23H20F5N5O/c1-14-3-5-16(20-29-8-2-9-30-20)17(11-14)21(34)33-10-7-22(24,25)18(33)13-32-19-6-4-15(12-31-19)23(26,27)28/h2-6,8-9,11-12,18H,7,10,13H2,1H3,(H,31,32)/t18-/m1/s1. The van der Waals surface area contributed by atoms with Crippen LogP contribution in [0.4, 0.5) is 27.8 Å². The minimum atomic E-state index is -4.55. The number of hydrogen-bond donors (Lipinski definition) is 1. The highest BCUT2D eigenvalue weighted by molar-refractivity contribution is 6.00. The number of alkyl halides is 5. The smallest absolute Gasteiger partial charge is 0.368 e. The van der Waals surface area contributed by atoms with Gasteiger partial charge in [-0.25, -0.2) is 23.7 Å². The summed E-state index contributed by atoms with van der Waals surface area (Å²) in [6, 6.07) is 7.03. The Bertz CT molecular complexity index is 1170. The Balaban J connectivity index is 1.58. The van der Waals surface area contributed by atoms with Crippen molar-refractivity contribution < 1.29 is 26.7 Å². The maximum atomic E-state index is 14.7. The van der Waals surface area contributed by atoms with Crippen LogP contribution in [0.2, 0.25) is 0 Å². The van der Waals surface area contributed by atoms with Gasteiger partial charge in [-0.15, -0.1) is 0 Å². The van der Waals surface area contributed by atoms with Gasteiger partial charge >= 0.3 is 6.18 Å². The summed E-state index contributed by atoms with van der Waals surface area (Å²) in [5.74, 6) is -3.50. The van der Waals surface area contributed by atoms with Crippen LogP contribution in [-0.4, -0.2) is 50.8 Å². The van der Waals surface area contributed by atoms with E-state index >= 15 is 0 Å². The minimum Gasteiger partial charge on any atom is -0.368 e. The normalized spacial score (nSPS) is 17.6. The molecule has 3 aromatic rings. The van der Waals surface area contributed by atoms with E-state index in [0.717, 1.165) is 22.6 Å². The number of rotatable bonds is 5. The topological polar surface area (TPSA) is 71.0 Å². The van der Waals surface area contributed by atoms with Crippen LogP contribution in [-0.2, 0) is 6.18 Å². The van der Waals surface area contributed by atoms with E-state index < -0.39 is 36.0 Å². The van der Waals surface area contributed by atoms with Crippen LogP contribution >= 0.6 is 0 Å². The van der Waals surface area contributed by atoms with E-state index in [1.54, 1.807) is 31.2 Å². The maximum absolute atomic E-state index is 14.7. The fourth-order valence-electron chi connectivity index (χ4n) is 3.81. The van der Waals surface area contributed by atoms with Gasteiger partial charge in [0.15, 0.2) is 5.82 Å². The van der Waals surface area contributed by atoms with Gasteiger partial charge in [0.25, 0.3) is 11.8 Å². The third kappa shape index (κ3) is 4.82. The lowest BCUT2D eigenvalue weighted by Crippen LogP contribution is -2.47. The van der Waals surface area contributed by atoms with Crippen LogP contribution in [0.1, 0.15) is 27.9 Å². The first-order valence-corrected chi connectivity index (χ1v) is 10.4. The number of nitrogens with zero attached hydrogens (tertiary/aromatic N) is 4. The Morgan fingerprint density at radius 1 is 1.15 bits per heavy atom. The predicted octanol–water partition coefficient (Wildman–Crippen LogP) is 4.83. The molecule has 0 saturated carbocycles. The van der Waals surface area contributed by atoms with Crippen molar-refractivity contribution in [2.24, 2.45) is 0 Å². The van der Waals surface area contributed by atoms with Crippen LogP contribution in [0.3, 0.4) is 0 Å². The van der Waals surface area contributed by atoms with Crippen molar-refractivity contribution in [2.75, 3.05) is 18.4 Å². The molecule has 0 unspecified atom stereocenters. The van der Waals surface area contributed by atoms with Crippen molar-refractivity contribution in [3.63, 3.8) is 0 Å². The molecule has 3 heterocycles. The minimum absolute atomic E-state index is 0.00275. The van der Waals surface area contributed by atoms with Crippen LogP contribution in [0.5, 0.6) is 0 Å². The van der Waals surface area contributed by atoms with Crippen molar-refractivity contribution >= 4 is 11.7 Å². The van der Waals surface area contributed by atoms with E-state index in [9.17, 15) is 26.7 Å². The number of likely N-dealkylation sites (tertiary alicyclic amines) is 1. The van der Waals surface area contributed by atoms with E-state index in [1.165, 1.54) is 12.4 Å². The molecule has 1 aliphatic heterocycles. The molecular weight excluding hydrogens is 457 g/mol. The van der Waals surface area contributed by atoms with Gasteiger partial charge in [-0.2, -0.15) is 13.2 Å². The Morgan fingerprint density at radius 2 is 1.88 bits per heavy atom. The molecule has 0 bridgehead atoms. The molecule has 4 rings (SSSR count). The molecule has 1 N–H and O–H groups in total. The highest BCUT2D eigenvalue weighted by Crippen LogP contribution is 2.36. The number of nitrogens with one attached hydrogen (secondary N) is 1. The van der Waals surface area contributed by atoms with Crippen molar-refractivity contribution in [2.45, 2.75) is 31.5 Å². The Kier molecular flexibility index (Phi) is 6.20. The van der Waals surface area contributed by atoms with E-state index in [4.69, 9.17) is 0 Å². The summed E-state index contributed by atoms with van der Waals surface area (Å²) in [7, 11) is 0. The van der Waals surface area contributed by atoms with Gasteiger partial charge in [0.2, 0.25) is 0 Å². The summed E-state index contributed by atoms with van der Waals surface area (Å²) in [6.07, 6.45) is -1.43. The van der Waals surface area contributed by atoms with Gasteiger partial charge in [-0.1, -0.05) is 17.7 Å². The number of carbonyl (C=O) groups excluding carboxylic acids is 1. The average molecular weight is 477 g/mol. The second-order valence-electron chi connectivity index (χ2n) is 7.96. The Morgan fingerprint density at radius 3 is 2.53 bits per heavy atom. The van der Waals surface area contributed by atoms with Gasteiger partial charge in [0.1, 0.15) is 11.9 Å². The number of hydrogen-bond acceptors (Lipinski definition) is 5. The molecule has 1 saturated heterocycles. The molecule has 1 fully saturated rings. The van der Waals surface area contributed by atoms with E-state index in [-0.39, 0.29) is 24.5 Å². The number of aryl methyl sites for hydroxylation is 1. The van der Waals surface area contributed by atoms with Gasteiger partial charge in [-0.05, 0) is 31.2 Å². The lowest BCUT2D eigenvalue weighted by molar-refractivity contribution is -0.137. The van der Waals surface area contributed by atoms with Crippen molar-refractivity contribution in [1.29, 1.82) is 0 Å². The zero-order valence-electron chi connectivity index (χ0n) is 18.0. The maximum Gasteiger partial charge on any atom is 0.417 e. The molecular formula is C23H20F5N5O. The van der Waals surface area contributed by atoms with Crippen LogP contribution < -0.4 is 5.32 Å². The van der Waals surface area contributed by atoms with Crippen molar-refractivity contribution in [3.05, 3.63) is 71.7 Å². The number of aromatic nitrogens is 3. The zero-order chi connectivity index (χ0) is 24.5. The molecule has 2 aromatic heterocycles. The fourth-order valence-corrected chi connectivity index (χ4v) is 3.81. The second kappa shape index (κ2) is 8.96. The monoisotopic (exact) mass is 477 g/mol. The molecule has 11 heteroatoms. The highest BCUT2D eigenvalue weighted by atomic mass is 19.4. The third-order valence-corrected chi connectivity index (χ3v) is 5.59. The highest BCUT2D eigenvalue weighted by Gasteiger charge is 2.50. The summed E-state index contributed by atoms with van der Waals surface area (Å²) < 4.78 is 67.6. The molecule has 0 aliphatic carbocycles. The van der Waals surface area contributed by atoms with E-state index in [1.807, 2.05) is 0 Å². The zero-order valence-corrected chi connectivity index (χ0v) is 18.0. The van der Waals surface area contributed by atoms with E-state index in [0.29, 0.717) is 17.6 Å². The number of halogens is 5. The first-order chi connectivity index (χ1) is 16.1. The molecule has 0 radical (unpaired) electrons. The first kappa shape index (κ1) is 23.5. The van der Waals surface area contributed by atoms with Gasteiger partial charge in [0.05, 0.1) is 11.1 Å². The molecule has 0 spiro atoms. The first-order valence-electron chi connectivity index (χ1n) is 10.4. The second-order valence-corrected chi connectivity index (χ2v) is 7.96. The summed E-state index contributed by atoms with van der Waals surface area (Å²) in [6.45, 7) is 1.21. The summed E-state index contributed by atoms with van der Waals surface area (Å²) >= 11 is 0. The fraction of sp³-hybridized carbons (Fsp3) is 0.304. The number of carbonyl (C=O) groups is 1. The van der Waals surface area contributed by atoms with Crippen LogP contribution in [0, 0.1) is 6.92 Å². The van der Waals surface area contributed by atoms with Crippen LogP contribution in [0.15, 0.2) is 55.0 Å². The number of benzene rings is 1. The molecule has 34 heavy (non-hydrogen) atoms. The third-order valence-electron chi connectivity index (χ3n) is 5.59. The summed E-state index contributed by atoms with van der Waals surface area (Å²) in [4.78, 5) is 26.5. The van der Waals surface area contributed by atoms with Crippen molar-refractivity contribution in [3.8, 4) is 11.4 Å². The molecule has 6 nitrogen and oxygen atoms in total. The number of pyridine rings is 1. The van der Waals surface area contributed by atoms with Crippen LogP contribution in [0.25, 0.3) is 11.4 Å². The van der Waals surface area contributed by atoms with Gasteiger partial charge in [0, 0.05) is 43.7 Å². The van der Waals surface area contributed by atoms with Crippen molar-refractivity contribution in [1.82, 2.24) is 19.9 Å². The Labute approximate surface area is 191 Å². The molecule has 1 aliphatic rings. The number of anilines is 1. The summed E-state index contributed by atoms with van der Waals surface area (Å²) in [5, 5.41) is 2.64. The quantitative estimate of drug-likeness (QED) is 0.534. The van der Waals surface area contributed by atoms with Gasteiger partial charge < -0.3 is 10.2 Å². The molecule has 1 amide bonds. The average Bonchev–Trinajstić information content (AvgIpc) is 3.11. The Hall–Kier alpha value is -3.63. The predicted molar refractivity (Wildman–Crippen MR) is 114 cm³/mol. The number of amides is 1. The molecule has 178 valence electrons. The molecule has 1 atom stereocenters. The lowest BCUT2D eigenvalue weighted by Gasteiger charge is -2.29. The van der Waals surface area contributed by atoms with Gasteiger partial charge in [-0.3, -0.25) is 4.79 Å². The molecule has 1 aromatic carbocycles. The summed E-state index contributed by atoms with van der Waals surface area (Å²) in [5.41, 5.74) is 0.429. The van der Waals surface area contributed by atoms with E-state index in [2.05, 4.69) is 20.3 Å². The lowest BCUT2D eigenvalue weighted by atomic mass is 10.0. The SMILES string of the molecule is Cc1ccc(-c2ncccn2)c(C(=O)N2CCC(F)(F)[C@H]2CNc2ccc(C(F)(F)F)cn2)c1.